The molecule has 2 saturated heterocycles. The van der Waals surface area contributed by atoms with Crippen LogP contribution in [0.1, 0.15) is 39.0 Å². The molecule has 3 fully saturated rings. The molecule has 0 bridgehead atoms. The minimum atomic E-state index is -0.494. The minimum absolute atomic E-state index is 0.155. The van der Waals surface area contributed by atoms with Gasteiger partial charge in [0.05, 0.1) is 0 Å². The normalized spacial score (nSPS) is 30.6. The van der Waals surface area contributed by atoms with Gasteiger partial charge in [-0.25, -0.2) is 0 Å². The first-order chi connectivity index (χ1) is 10.2. The van der Waals surface area contributed by atoms with Crippen molar-refractivity contribution in [2.24, 2.45) is 11.7 Å². The molecule has 1 aliphatic carbocycles. The Morgan fingerprint density at radius 3 is 2.71 bits per heavy atom. The quantitative estimate of drug-likeness (QED) is 0.744. The summed E-state index contributed by atoms with van der Waals surface area (Å²) in [6, 6.07) is 0.693. The monoisotopic (exact) mass is 294 g/mol. The molecule has 2 atom stereocenters. The number of carbonyl (C=O) groups is 1. The summed E-state index contributed by atoms with van der Waals surface area (Å²) in [6.07, 6.45) is 6.29. The van der Waals surface area contributed by atoms with Crippen LogP contribution in [-0.4, -0.2) is 66.6 Å². The standard InChI is InChI=1S/C16H30N4O/c1-2-18-16(15(17)21,13-6-7-13)12-19-9-10-20-8-4-3-5-14(20)11-19/h13-14,18H,2-12H2,1H3,(H2,17,21). The topological polar surface area (TPSA) is 61.6 Å². The molecule has 0 radical (unpaired) electrons. The first kappa shape index (κ1) is 15.3. The highest BCUT2D eigenvalue weighted by Crippen LogP contribution is 2.40. The van der Waals surface area contributed by atoms with Gasteiger partial charge in [0.15, 0.2) is 0 Å². The number of amides is 1. The third-order valence-corrected chi connectivity index (χ3v) is 5.60. The van der Waals surface area contributed by atoms with Gasteiger partial charge in [-0.15, -0.1) is 0 Å². The number of nitrogens with one attached hydrogen (secondary N) is 1. The lowest BCUT2D eigenvalue weighted by Gasteiger charge is -2.46. The van der Waals surface area contributed by atoms with Crippen LogP contribution in [0.15, 0.2) is 0 Å². The smallest absolute Gasteiger partial charge is 0.239 e. The van der Waals surface area contributed by atoms with E-state index in [1.54, 1.807) is 0 Å². The van der Waals surface area contributed by atoms with Gasteiger partial charge in [0, 0.05) is 32.2 Å². The summed E-state index contributed by atoms with van der Waals surface area (Å²) in [6.45, 7) is 8.26. The van der Waals surface area contributed by atoms with Gasteiger partial charge in [-0.1, -0.05) is 13.3 Å². The van der Waals surface area contributed by atoms with E-state index in [0.717, 1.165) is 45.6 Å². The number of rotatable bonds is 6. The van der Waals surface area contributed by atoms with E-state index in [0.29, 0.717) is 12.0 Å². The molecule has 0 aromatic rings. The molecule has 2 heterocycles. The molecule has 2 aliphatic heterocycles. The molecule has 3 N–H and O–H groups in total. The Balaban J connectivity index is 1.66. The van der Waals surface area contributed by atoms with Gasteiger partial charge in [0.1, 0.15) is 5.54 Å². The second-order valence-corrected chi connectivity index (χ2v) is 7.06. The Kier molecular flexibility index (Phi) is 4.52. The second kappa shape index (κ2) is 6.23. The fourth-order valence-electron chi connectivity index (χ4n) is 4.30. The van der Waals surface area contributed by atoms with Crippen molar-refractivity contribution in [1.82, 2.24) is 15.1 Å². The summed E-state index contributed by atoms with van der Waals surface area (Å²) in [7, 11) is 0. The maximum absolute atomic E-state index is 12.2. The lowest BCUT2D eigenvalue weighted by molar-refractivity contribution is -0.126. The number of piperidine rings is 1. The molecule has 5 nitrogen and oxygen atoms in total. The van der Waals surface area contributed by atoms with Crippen LogP contribution in [0.2, 0.25) is 0 Å². The van der Waals surface area contributed by atoms with E-state index in [9.17, 15) is 4.79 Å². The highest BCUT2D eigenvalue weighted by molar-refractivity contribution is 5.86. The van der Waals surface area contributed by atoms with Crippen LogP contribution in [-0.2, 0) is 4.79 Å². The van der Waals surface area contributed by atoms with E-state index in [1.807, 2.05) is 0 Å². The maximum Gasteiger partial charge on any atom is 0.239 e. The molecule has 21 heavy (non-hydrogen) atoms. The number of likely N-dealkylation sites (N-methyl/N-ethyl adjacent to an activating group) is 1. The molecule has 1 saturated carbocycles. The number of fused-ring (bicyclic) bond motifs is 1. The fraction of sp³-hybridized carbons (Fsp3) is 0.938. The molecule has 5 heteroatoms. The highest BCUT2D eigenvalue weighted by Gasteiger charge is 2.50. The summed E-state index contributed by atoms with van der Waals surface area (Å²) < 4.78 is 0. The van der Waals surface area contributed by atoms with Crippen LogP contribution in [0.25, 0.3) is 0 Å². The van der Waals surface area contributed by atoms with Crippen LogP contribution in [0.4, 0.5) is 0 Å². The van der Waals surface area contributed by atoms with E-state index in [2.05, 4.69) is 22.0 Å². The third-order valence-electron chi connectivity index (χ3n) is 5.60. The lowest BCUT2D eigenvalue weighted by atomic mass is 9.90. The lowest BCUT2D eigenvalue weighted by Crippen LogP contribution is -2.66. The van der Waals surface area contributed by atoms with Crippen LogP contribution in [0, 0.1) is 5.92 Å². The van der Waals surface area contributed by atoms with Gasteiger partial charge in [-0.2, -0.15) is 0 Å². The number of piperazine rings is 1. The fourth-order valence-corrected chi connectivity index (χ4v) is 4.30. The van der Waals surface area contributed by atoms with Crippen LogP contribution in [0.5, 0.6) is 0 Å². The molecule has 3 aliphatic rings. The van der Waals surface area contributed by atoms with E-state index in [1.165, 1.54) is 25.8 Å². The van der Waals surface area contributed by atoms with Crippen molar-refractivity contribution in [2.45, 2.75) is 50.6 Å². The average Bonchev–Trinajstić information content (AvgIpc) is 3.31. The predicted molar refractivity (Wildman–Crippen MR) is 84.0 cm³/mol. The van der Waals surface area contributed by atoms with Gasteiger partial charge >= 0.3 is 0 Å². The molecular weight excluding hydrogens is 264 g/mol. The van der Waals surface area contributed by atoms with Crippen LogP contribution < -0.4 is 11.1 Å². The minimum Gasteiger partial charge on any atom is -0.368 e. The first-order valence-corrected chi connectivity index (χ1v) is 8.67. The maximum atomic E-state index is 12.2. The number of nitrogens with zero attached hydrogens (tertiary/aromatic N) is 2. The third kappa shape index (κ3) is 3.10. The Morgan fingerprint density at radius 1 is 1.24 bits per heavy atom. The first-order valence-electron chi connectivity index (χ1n) is 8.67. The number of carbonyl (C=O) groups excluding carboxylic acids is 1. The van der Waals surface area contributed by atoms with E-state index < -0.39 is 5.54 Å². The van der Waals surface area contributed by atoms with Gasteiger partial charge in [0.2, 0.25) is 5.91 Å². The SMILES string of the molecule is CCNC(CN1CCN2CCCCC2C1)(C(N)=O)C1CC1. The van der Waals surface area contributed by atoms with Crippen molar-refractivity contribution in [3.05, 3.63) is 0 Å². The van der Waals surface area contributed by atoms with Crippen molar-refractivity contribution in [2.75, 3.05) is 39.3 Å². The largest absolute Gasteiger partial charge is 0.368 e. The molecule has 2 unspecified atom stereocenters. The van der Waals surface area contributed by atoms with Crippen molar-refractivity contribution < 1.29 is 4.79 Å². The van der Waals surface area contributed by atoms with Gasteiger partial charge in [-0.05, 0) is 44.7 Å². The summed E-state index contributed by atoms with van der Waals surface area (Å²) >= 11 is 0. The van der Waals surface area contributed by atoms with Crippen LogP contribution >= 0.6 is 0 Å². The van der Waals surface area contributed by atoms with Crippen molar-refractivity contribution in [1.29, 1.82) is 0 Å². The van der Waals surface area contributed by atoms with E-state index in [-0.39, 0.29) is 5.91 Å². The summed E-state index contributed by atoms with van der Waals surface area (Å²) in [5.74, 6) is 0.289. The zero-order valence-corrected chi connectivity index (χ0v) is 13.3. The van der Waals surface area contributed by atoms with Gasteiger partial charge < -0.3 is 11.1 Å². The number of hydrogen-bond donors (Lipinski definition) is 2. The van der Waals surface area contributed by atoms with Gasteiger partial charge in [-0.3, -0.25) is 14.6 Å². The highest BCUT2D eigenvalue weighted by atomic mass is 16.1. The van der Waals surface area contributed by atoms with E-state index >= 15 is 0 Å². The molecular formula is C16H30N4O. The summed E-state index contributed by atoms with van der Waals surface area (Å²) in [5, 5.41) is 3.45. The predicted octanol–water partition coefficient (Wildman–Crippen LogP) is 0.400. The molecule has 1 amide bonds. The number of nitrogens with two attached hydrogens (primary N) is 1. The number of primary amides is 1. The molecule has 120 valence electrons. The average molecular weight is 294 g/mol. The zero-order chi connectivity index (χ0) is 14.9. The van der Waals surface area contributed by atoms with Gasteiger partial charge in [0.25, 0.3) is 0 Å². The Hall–Kier alpha value is -0.650. The molecule has 0 spiro atoms. The van der Waals surface area contributed by atoms with Crippen molar-refractivity contribution in [3.8, 4) is 0 Å². The zero-order valence-electron chi connectivity index (χ0n) is 13.3. The van der Waals surface area contributed by atoms with E-state index in [4.69, 9.17) is 5.73 Å². The van der Waals surface area contributed by atoms with Crippen molar-refractivity contribution in [3.63, 3.8) is 0 Å². The summed E-state index contributed by atoms with van der Waals surface area (Å²) in [4.78, 5) is 17.3. The molecule has 0 aromatic carbocycles. The second-order valence-electron chi connectivity index (χ2n) is 7.06. The molecule has 0 aromatic heterocycles. The Bertz CT molecular complexity index is 384. The summed E-state index contributed by atoms with van der Waals surface area (Å²) in [5.41, 5.74) is 5.31. The van der Waals surface area contributed by atoms with Crippen LogP contribution in [0.3, 0.4) is 0 Å². The molecule has 3 rings (SSSR count). The number of hydrogen-bond acceptors (Lipinski definition) is 4. The van der Waals surface area contributed by atoms with Crippen molar-refractivity contribution >= 4 is 5.91 Å². The Labute approximate surface area is 128 Å². The Morgan fingerprint density at radius 2 is 2.05 bits per heavy atom.